The third kappa shape index (κ3) is 1.93. The summed E-state index contributed by atoms with van der Waals surface area (Å²) in [5, 5.41) is 15.6. The van der Waals surface area contributed by atoms with E-state index in [1.54, 1.807) is 0 Å². The smallest absolute Gasteiger partial charge is 0.500 e. The molecule has 0 bridgehead atoms. The van der Waals surface area contributed by atoms with Gasteiger partial charge in [0, 0.05) is 0 Å². The van der Waals surface area contributed by atoms with E-state index >= 15 is 0 Å². The molecule has 0 heterocycles. The Kier molecular flexibility index (Phi) is 2.48. The number of carboxylic acid groups (broad SMARTS) is 2. The van der Waals surface area contributed by atoms with E-state index in [0.717, 1.165) is 0 Å². The molecule has 8 heavy (non-hydrogen) atoms. The first-order chi connectivity index (χ1) is 3.55. The van der Waals surface area contributed by atoms with Crippen LogP contribution in [-0.4, -0.2) is 38.5 Å². The molecule has 0 saturated heterocycles. The Balaban J connectivity index is 3.83. The zero-order valence-corrected chi connectivity index (χ0v) is 4.89. The van der Waals surface area contributed by atoms with Gasteiger partial charge in [-0.05, 0) is 0 Å². The molecule has 0 atom stereocenters. The maximum absolute atomic E-state index is 9.57. The number of carbonyl (C=O) groups is 2. The number of hydrogen-bond acceptors (Lipinski definition) is 3. The molecule has 0 aliphatic rings. The van der Waals surface area contributed by atoms with Crippen LogP contribution in [0.3, 0.4) is 0 Å². The Morgan fingerprint density at radius 3 is 1.38 bits per heavy atom. The van der Waals surface area contributed by atoms with Crippen LogP contribution in [0.5, 0.6) is 0 Å². The molecule has 3 N–H and O–H groups in total. The molecule has 0 aromatic carbocycles. The van der Waals surface area contributed by atoms with Crippen LogP contribution in [-0.2, 0) is 0 Å². The van der Waals surface area contributed by atoms with Crippen LogP contribution in [0.25, 0.3) is 0 Å². The van der Waals surface area contributed by atoms with Gasteiger partial charge in [0.1, 0.15) is 0 Å². The second-order valence-corrected chi connectivity index (χ2v) is 2.87. The summed E-state index contributed by atoms with van der Waals surface area (Å²) < 4.78 is 8.14. The van der Waals surface area contributed by atoms with Crippen molar-refractivity contribution in [1.82, 2.24) is 0 Å². The van der Waals surface area contributed by atoms with Gasteiger partial charge >= 0.3 is 14.5 Å². The maximum atomic E-state index is 9.57. The second-order valence-electron chi connectivity index (χ2n) is 1.08. The molecule has 0 unspecified atom stereocenters. The monoisotopic (exact) mass is 134 g/mol. The Bertz CT molecular complexity index is 106. The Labute approximate surface area is 48.9 Å². The fourth-order valence-corrected chi connectivity index (χ4v) is 0.317. The van der Waals surface area contributed by atoms with E-state index in [2.05, 4.69) is 0 Å². The zero-order valence-electron chi connectivity index (χ0n) is 3.74. The first-order valence-corrected chi connectivity index (χ1v) is 3.36. The lowest BCUT2D eigenvalue weighted by Crippen LogP contribution is -2.32. The summed E-state index contributed by atoms with van der Waals surface area (Å²) >= 11 is -3.52. The summed E-state index contributed by atoms with van der Waals surface area (Å²) in [7, 11) is 0. The van der Waals surface area contributed by atoms with Gasteiger partial charge in [-0.3, -0.25) is 9.59 Å². The minimum Gasteiger partial charge on any atom is -0.500 e. The molecule has 0 radical (unpaired) electrons. The van der Waals surface area contributed by atoms with Crippen molar-refractivity contribution in [3.8, 4) is 0 Å². The van der Waals surface area contributed by atoms with Crippen LogP contribution in [0.1, 0.15) is 0 Å². The highest BCUT2D eigenvalue weighted by atomic mass is 27.2. The summed E-state index contributed by atoms with van der Waals surface area (Å²) in [6.07, 6.45) is 0. The predicted octanol–water partition coefficient (Wildman–Crippen LogP) is -0.510. The second kappa shape index (κ2) is 2.67. The minimum absolute atomic E-state index is 1.61. The standard InChI is InChI=1S/2CHO2.Al.H2O/c2*2-1-3;;/h2*(H,2,3);;1H2/q;;+1;/p-1. The topological polar surface area (TPSA) is 94.8 Å². The van der Waals surface area contributed by atoms with Crippen molar-refractivity contribution in [3.05, 3.63) is 0 Å². The first-order valence-electron chi connectivity index (χ1n) is 1.69. The highest BCUT2D eigenvalue weighted by molar-refractivity contribution is 7.03. The molecule has 0 saturated carbocycles. The Morgan fingerprint density at radius 1 is 1.12 bits per heavy atom. The van der Waals surface area contributed by atoms with E-state index in [0.29, 0.717) is 0 Å². The average molecular weight is 134 g/mol. The van der Waals surface area contributed by atoms with Crippen molar-refractivity contribution < 1.29 is 24.0 Å². The van der Waals surface area contributed by atoms with Crippen LogP contribution >= 0.6 is 0 Å². The lowest BCUT2D eigenvalue weighted by atomic mass is 11.5. The summed E-state index contributed by atoms with van der Waals surface area (Å²) in [5.74, 6) is 0. The third-order valence-electron chi connectivity index (χ3n) is 0.468. The van der Waals surface area contributed by atoms with Crippen molar-refractivity contribution in [1.29, 1.82) is 0 Å². The van der Waals surface area contributed by atoms with Gasteiger partial charge in [-0.15, -0.1) is 0 Å². The lowest BCUT2D eigenvalue weighted by molar-refractivity contribution is 0.204. The van der Waals surface area contributed by atoms with Gasteiger partial charge in [0.05, 0.1) is 0 Å². The van der Waals surface area contributed by atoms with Crippen LogP contribution in [0.4, 0.5) is 9.59 Å². The maximum Gasteiger partial charge on any atom is 0.764 e. The summed E-state index contributed by atoms with van der Waals surface area (Å²) in [6.45, 7) is 0. The zero-order chi connectivity index (χ0) is 6.73. The highest BCUT2D eigenvalue weighted by Crippen LogP contribution is 1.79. The molecular weight excluding hydrogens is 131 g/mol. The van der Waals surface area contributed by atoms with E-state index in [4.69, 9.17) is 14.4 Å². The average Bonchev–Trinajstić information content (AvgIpc) is 1.64. The van der Waals surface area contributed by atoms with Gasteiger partial charge in [0.25, 0.3) is 9.66 Å². The third-order valence-corrected chi connectivity index (χ3v) is 1.40. The molecule has 0 fully saturated rings. The summed E-state index contributed by atoms with van der Waals surface area (Å²) in [5.41, 5.74) is 0. The van der Waals surface area contributed by atoms with Gasteiger partial charge in [-0.2, -0.15) is 0 Å². The predicted molar refractivity (Wildman–Crippen MR) is 24.0 cm³/mol. The number of hydrogen-bond donors (Lipinski definition) is 3. The highest BCUT2D eigenvalue weighted by Gasteiger charge is 2.38. The van der Waals surface area contributed by atoms with E-state index < -0.39 is 24.1 Å². The summed E-state index contributed by atoms with van der Waals surface area (Å²) in [4.78, 5) is 15.9. The van der Waals surface area contributed by atoms with Crippen LogP contribution in [0.15, 0.2) is 0 Å². The van der Waals surface area contributed by atoms with Crippen molar-refractivity contribution in [2.45, 2.75) is 0 Å². The Morgan fingerprint density at radius 2 is 1.38 bits per heavy atom. The van der Waals surface area contributed by atoms with Crippen molar-refractivity contribution in [2.24, 2.45) is 0 Å². The minimum atomic E-state index is -3.52. The molecule has 0 aliphatic heterocycles. The van der Waals surface area contributed by atoms with Crippen LogP contribution in [0, 0.1) is 0 Å². The van der Waals surface area contributed by atoms with E-state index in [-0.39, 0.29) is 0 Å². The van der Waals surface area contributed by atoms with Crippen LogP contribution < -0.4 is 0 Å². The van der Waals surface area contributed by atoms with Gasteiger partial charge in [0.15, 0.2) is 0 Å². The molecule has 44 valence electrons. The molecule has 0 amide bonds. The normalized spacial score (nSPS) is 8.12. The van der Waals surface area contributed by atoms with Crippen molar-refractivity contribution in [2.75, 3.05) is 0 Å². The van der Waals surface area contributed by atoms with Crippen LogP contribution in [0.2, 0.25) is 0 Å². The fourth-order valence-electron chi connectivity index (χ4n) is 0.106. The largest absolute Gasteiger partial charge is 0.764 e. The van der Waals surface area contributed by atoms with Gasteiger partial charge < -0.3 is 14.4 Å². The lowest BCUT2D eigenvalue weighted by Gasteiger charge is -1.86. The molecule has 0 aromatic rings. The molecule has 6 heteroatoms. The van der Waals surface area contributed by atoms with Gasteiger partial charge in [-0.25, -0.2) is 0 Å². The molecule has 0 spiro atoms. The molecule has 0 aliphatic carbocycles. The molecule has 0 rings (SSSR count). The quantitative estimate of drug-likeness (QED) is 0.442. The van der Waals surface area contributed by atoms with E-state index in [1.807, 2.05) is 0 Å². The number of rotatable bonds is 2. The van der Waals surface area contributed by atoms with Gasteiger partial charge in [-0.1, -0.05) is 0 Å². The SMILES string of the molecule is O=[C](O)[Al]([OH])[C](=O)O. The van der Waals surface area contributed by atoms with E-state index in [1.165, 1.54) is 0 Å². The van der Waals surface area contributed by atoms with Crippen molar-refractivity contribution in [3.63, 3.8) is 0 Å². The van der Waals surface area contributed by atoms with Crippen molar-refractivity contribution >= 4 is 24.1 Å². The van der Waals surface area contributed by atoms with Gasteiger partial charge in [0.2, 0.25) is 0 Å². The molecular formula is C2H3AlO5. The first kappa shape index (κ1) is 7.43. The molecule has 5 nitrogen and oxygen atoms in total. The molecule has 0 aromatic heterocycles. The van der Waals surface area contributed by atoms with E-state index in [9.17, 15) is 9.59 Å². The Hall–Kier alpha value is -0.568. The fraction of sp³-hybridized carbons (Fsp3) is 0. The summed E-state index contributed by atoms with van der Waals surface area (Å²) in [6, 6.07) is 0.